The molecule has 3 rings (SSSR count). The van der Waals surface area contributed by atoms with Crippen LogP contribution in [0, 0.1) is 0 Å². The van der Waals surface area contributed by atoms with Crippen LogP contribution in [0.25, 0.3) is 0 Å². The van der Waals surface area contributed by atoms with E-state index in [9.17, 15) is 0 Å². The molecule has 0 atom stereocenters. The molecule has 0 heterocycles. The van der Waals surface area contributed by atoms with Crippen molar-refractivity contribution in [2.24, 2.45) is 0 Å². The van der Waals surface area contributed by atoms with Gasteiger partial charge in [-0.05, 0) is 38.5 Å². The van der Waals surface area contributed by atoms with E-state index in [0.717, 1.165) is 0 Å². The molecule has 3 saturated carbocycles. The minimum absolute atomic E-state index is 0.0903. The van der Waals surface area contributed by atoms with E-state index >= 15 is 0 Å². The zero-order valence-corrected chi connectivity index (χ0v) is 19.7. The van der Waals surface area contributed by atoms with Crippen molar-refractivity contribution < 1.29 is 28.3 Å². The maximum atomic E-state index is 8.20. The summed E-state index contributed by atoms with van der Waals surface area (Å²) >= 11 is 0. The van der Waals surface area contributed by atoms with Gasteiger partial charge in [0.15, 0.2) is 0 Å². The van der Waals surface area contributed by atoms with Crippen LogP contribution in [0.5, 0.6) is 0 Å². The van der Waals surface area contributed by atoms with Gasteiger partial charge in [0.2, 0.25) is 0 Å². The van der Waals surface area contributed by atoms with Gasteiger partial charge in [0.25, 0.3) is 0 Å². The summed E-state index contributed by atoms with van der Waals surface area (Å²) in [5.41, 5.74) is 0. The summed E-state index contributed by atoms with van der Waals surface area (Å²) in [4.78, 5) is 24.6. The van der Waals surface area contributed by atoms with E-state index in [0.29, 0.717) is 18.3 Å². The first kappa shape index (κ1) is 25.6. The molecule has 0 unspecified atom stereocenters. The van der Waals surface area contributed by atoms with Crippen LogP contribution in [0.1, 0.15) is 96.3 Å². The molecular weight excluding hydrogens is 410 g/mol. The monoisotopic (exact) mass is 452 g/mol. The molecule has 3 aliphatic carbocycles. The van der Waals surface area contributed by atoms with Crippen molar-refractivity contribution in [3.8, 4) is 0 Å². The van der Waals surface area contributed by atoms with Gasteiger partial charge >= 0.3 is 50.0 Å². The van der Waals surface area contributed by atoms with E-state index in [-0.39, 0.29) is 6.16 Å². The quantitative estimate of drug-likeness (QED) is 0.314. The van der Waals surface area contributed by atoms with Gasteiger partial charge in [0.1, 0.15) is 0 Å². The Morgan fingerprint density at radius 1 is 0.655 bits per heavy atom. The normalized spacial score (nSPS) is 23.4. The third-order valence-corrected chi connectivity index (χ3v) is 8.03. The fourth-order valence-electron chi connectivity index (χ4n) is 4.14. The van der Waals surface area contributed by atoms with Crippen molar-refractivity contribution in [1.82, 2.24) is 0 Å². The first-order valence-corrected chi connectivity index (χ1v) is 14.7. The summed E-state index contributed by atoms with van der Waals surface area (Å²) < 4.78 is 19.0. The molecule has 8 heteroatoms. The molecular formula is C21H42O6P2. The van der Waals surface area contributed by atoms with Gasteiger partial charge in [-0.3, -0.25) is 0 Å². The van der Waals surface area contributed by atoms with Gasteiger partial charge in [-0.15, -0.1) is 0 Å². The summed E-state index contributed by atoms with van der Waals surface area (Å²) in [6.45, 7) is 3.20. The predicted molar refractivity (Wildman–Crippen MR) is 121 cm³/mol. The zero-order chi connectivity index (χ0) is 21.0. The van der Waals surface area contributed by atoms with E-state index in [1.807, 2.05) is 0 Å². The Labute approximate surface area is 178 Å². The molecule has 29 heavy (non-hydrogen) atoms. The molecule has 0 radical (unpaired) electrons. The molecule has 0 amide bonds. The van der Waals surface area contributed by atoms with Crippen LogP contribution in [-0.4, -0.2) is 39.2 Å². The molecule has 0 aliphatic heterocycles. The fourth-order valence-corrected chi connectivity index (χ4v) is 6.04. The molecule has 3 aliphatic rings. The van der Waals surface area contributed by atoms with Crippen molar-refractivity contribution in [2.45, 2.75) is 115 Å². The maximum absolute atomic E-state index is 8.20. The van der Waals surface area contributed by atoms with E-state index in [1.54, 1.807) is 0 Å². The molecule has 172 valence electrons. The van der Waals surface area contributed by atoms with Crippen LogP contribution < -0.4 is 0 Å². The van der Waals surface area contributed by atoms with Crippen LogP contribution in [0.2, 0.25) is 0 Å². The zero-order valence-electron chi connectivity index (χ0n) is 17.8. The SMILES string of the molecule is C1CCC(OP(OC2CCCCC2)OC2CCCCC2)CC1.C=CC[PH](O)(O)O. The van der Waals surface area contributed by atoms with Gasteiger partial charge in [-0.2, -0.15) is 0 Å². The summed E-state index contributed by atoms with van der Waals surface area (Å²) in [5.74, 6) is 0. The average Bonchev–Trinajstić information content (AvgIpc) is 2.70. The van der Waals surface area contributed by atoms with Gasteiger partial charge < -0.3 is 13.6 Å². The van der Waals surface area contributed by atoms with Crippen LogP contribution >= 0.6 is 16.5 Å². The van der Waals surface area contributed by atoms with E-state index in [2.05, 4.69) is 6.58 Å². The van der Waals surface area contributed by atoms with Crippen molar-refractivity contribution in [1.29, 1.82) is 0 Å². The van der Waals surface area contributed by atoms with Gasteiger partial charge in [-0.1, -0.05) is 57.8 Å². The summed E-state index contributed by atoms with van der Waals surface area (Å²) in [7, 11) is -4.90. The van der Waals surface area contributed by atoms with Crippen molar-refractivity contribution in [3.05, 3.63) is 12.7 Å². The Kier molecular flexibility index (Phi) is 12.7. The van der Waals surface area contributed by atoms with Crippen LogP contribution in [-0.2, 0) is 13.6 Å². The van der Waals surface area contributed by atoms with E-state index in [4.69, 9.17) is 28.3 Å². The number of hydrogen-bond acceptors (Lipinski definition) is 6. The molecule has 0 saturated heterocycles. The third-order valence-electron chi connectivity index (χ3n) is 5.78. The Balaban J connectivity index is 0.000000370. The summed E-state index contributed by atoms with van der Waals surface area (Å²) in [6, 6.07) is 0. The Morgan fingerprint density at radius 3 is 1.17 bits per heavy atom. The fraction of sp³-hybridized carbons (Fsp3) is 0.905. The van der Waals surface area contributed by atoms with Crippen LogP contribution in [0.15, 0.2) is 12.7 Å². The Bertz CT molecular complexity index is 380. The molecule has 0 aromatic rings. The summed E-state index contributed by atoms with van der Waals surface area (Å²) in [5, 5.41) is 0. The van der Waals surface area contributed by atoms with Gasteiger partial charge in [0.05, 0.1) is 18.3 Å². The van der Waals surface area contributed by atoms with Crippen LogP contribution in [0.4, 0.5) is 0 Å². The molecule has 3 N–H and O–H groups in total. The van der Waals surface area contributed by atoms with E-state index in [1.165, 1.54) is 102 Å². The van der Waals surface area contributed by atoms with E-state index < -0.39 is 16.5 Å². The first-order chi connectivity index (χ1) is 14.0. The van der Waals surface area contributed by atoms with Gasteiger partial charge in [-0.25, -0.2) is 0 Å². The van der Waals surface area contributed by atoms with Crippen LogP contribution in [0.3, 0.4) is 0 Å². The molecule has 0 bridgehead atoms. The topological polar surface area (TPSA) is 88.4 Å². The molecule has 3 fully saturated rings. The number of hydrogen-bond donors (Lipinski definition) is 3. The second kappa shape index (κ2) is 14.4. The molecule has 0 aromatic carbocycles. The van der Waals surface area contributed by atoms with Crippen molar-refractivity contribution in [3.63, 3.8) is 0 Å². The van der Waals surface area contributed by atoms with Gasteiger partial charge in [0, 0.05) is 0 Å². The standard InChI is InChI=1S/C18H33O3P.C3H9O3P/c1-4-10-16(11-5-1)19-22(20-17-12-6-2-7-13-17)21-18-14-8-3-9-15-18;1-2-3-7(4,5)6/h16-18H,1-15H2;2,4-7H,1,3H2. The molecule has 0 aromatic heterocycles. The van der Waals surface area contributed by atoms with Crippen molar-refractivity contribution >= 4 is 16.5 Å². The van der Waals surface area contributed by atoms with Crippen molar-refractivity contribution in [2.75, 3.05) is 6.16 Å². The third kappa shape index (κ3) is 12.1. The molecule has 6 nitrogen and oxygen atoms in total. The minimum atomic E-state index is -3.78. The summed E-state index contributed by atoms with van der Waals surface area (Å²) in [6.07, 6.45) is 21.4. The number of rotatable bonds is 8. The average molecular weight is 453 g/mol. The molecule has 0 spiro atoms. The second-order valence-corrected chi connectivity index (χ2v) is 11.6. The Morgan fingerprint density at radius 2 is 0.966 bits per heavy atom. The predicted octanol–water partition coefficient (Wildman–Crippen LogP) is 5.91. The number of allylic oxidation sites excluding steroid dienone is 1. The second-order valence-electron chi connectivity index (χ2n) is 8.59. The first-order valence-electron chi connectivity index (χ1n) is 11.5. The Hall–Kier alpha value is 0.360.